The molecule has 1 aromatic heterocycles. The van der Waals surface area contributed by atoms with Gasteiger partial charge in [0, 0.05) is 17.6 Å². The fourth-order valence-electron chi connectivity index (χ4n) is 3.92. The predicted octanol–water partition coefficient (Wildman–Crippen LogP) is 2.83. The second-order valence-corrected chi connectivity index (χ2v) is 6.77. The number of nitrogens with zero attached hydrogens (tertiary/aromatic N) is 2. The highest BCUT2D eigenvalue weighted by Gasteiger charge is 2.40. The smallest absolute Gasteiger partial charge is 0.307 e. The Morgan fingerprint density at radius 3 is 2.72 bits per heavy atom. The van der Waals surface area contributed by atoms with Gasteiger partial charge in [-0.3, -0.25) is 9.69 Å². The van der Waals surface area contributed by atoms with Gasteiger partial charge in [-0.2, -0.15) is 0 Å². The van der Waals surface area contributed by atoms with E-state index in [1.54, 1.807) is 0 Å². The fraction of sp³-hybridized carbons (Fsp3) is 0.444. The number of benzene rings is 1. The van der Waals surface area contributed by atoms with Gasteiger partial charge in [-0.25, -0.2) is 13.8 Å². The maximum atomic E-state index is 13.3. The topological polar surface area (TPSA) is 58.4 Å². The zero-order valence-corrected chi connectivity index (χ0v) is 13.8. The summed E-state index contributed by atoms with van der Waals surface area (Å²) >= 11 is 0. The predicted molar refractivity (Wildman–Crippen MR) is 86.9 cm³/mol. The van der Waals surface area contributed by atoms with Crippen molar-refractivity contribution in [3.8, 4) is 11.3 Å². The van der Waals surface area contributed by atoms with E-state index in [1.165, 1.54) is 12.3 Å². The lowest BCUT2D eigenvalue weighted by Gasteiger charge is -2.49. The van der Waals surface area contributed by atoms with Crippen LogP contribution in [-0.2, 0) is 0 Å². The van der Waals surface area contributed by atoms with Gasteiger partial charge in [0.25, 0.3) is 5.89 Å². The standard InChI is InChI=1S/C18H19F2N3O2/c1-10-16(11-4-6-23(10)7-5-11)22-17(24)18-21-9-15(25-18)12-2-3-13(19)14(20)8-12/h2-3,8-11,16H,4-7H2,1H3,(H,22,24)/t10-,16-/m0/s1. The van der Waals surface area contributed by atoms with Crippen LogP contribution in [0.15, 0.2) is 28.8 Å². The van der Waals surface area contributed by atoms with Gasteiger partial charge in [0.1, 0.15) is 0 Å². The average Bonchev–Trinajstić information content (AvgIpc) is 3.11. The normalized spacial score (nSPS) is 28.1. The molecule has 2 atom stereocenters. The molecule has 0 spiro atoms. The zero-order chi connectivity index (χ0) is 17.6. The molecular formula is C18H19F2N3O2. The summed E-state index contributed by atoms with van der Waals surface area (Å²) in [7, 11) is 0. The molecule has 3 fully saturated rings. The molecule has 25 heavy (non-hydrogen) atoms. The molecule has 1 N–H and O–H groups in total. The van der Waals surface area contributed by atoms with Gasteiger partial charge in [-0.1, -0.05) is 0 Å². The van der Waals surface area contributed by atoms with E-state index < -0.39 is 11.6 Å². The molecular weight excluding hydrogens is 328 g/mol. The number of carbonyl (C=O) groups is 1. The van der Waals surface area contributed by atoms with Crippen LogP contribution in [0.5, 0.6) is 0 Å². The van der Waals surface area contributed by atoms with E-state index >= 15 is 0 Å². The number of hydrogen-bond donors (Lipinski definition) is 1. The monoisotopic (exact) mass is 347 g/mol. The molecule has 2 bridgehead atoms. The maximum Gasteiger partial charge on any atom is 0.307 e. The van der Waals surface area contributed by atoms with Crippen LogP contribution in [0.25, 0.3) is 11.3 Å². The minimum absolute atomic E-state index is 0.0663. The summed E-state index contributed by atoms with van der Waals surface area (Å²) in [4.78, 5) is 18.9. The summed E-state index contributed by atoms with van der Waals surface area (Å²) in [6.45, 7) is 4.29. The van der Waals surface area contributed by atoms with Gasteiger partial charge in [-0.05, 0) is 57.0 Å². The molecule has 4 heterocycles. The number of oxazole rings is 1. The van der Waals surface area contributed by atoms with Crippen molar-refractivity contribution in [2.75, 3.05) is 13.1 Å². The van der Waals surface area contributed by atoms with Crippen molar-refractivity contribution >= 4 is 5.91 Å². The molecule has 3 aliphatic rings. The van der Waals surface area contributed by atoms with Crippen molar-refractivity contribution in [3.05, 3.63) is 41.9 Å². The number of hydrogen-bond acceptors (Lipinski definition) is 4. The summed E-state index contributed by atoms with van der Waals surface area (Å²) in [6, 6.07) is 3.79. The first-order valence-corrected chi connectivity index (χ1v) is 8.49. The quantitative estimate of drug-likeness (QED) is 0.928. The van der Waals surface area contributed by atoms with Gasteiger partial charge in [0.05, 0.1) is 6.20 Å². The van der Waals surface area contributed by atoms with Crippen LogP contribution < -0.4 is 5.32 Å². The largest absolute Gasteiger partial charge is 0.432 e. The third-order valence-corrected chi connectivity index (χ3v) is 5.38. The highest BCUT2D eigenvalue weighted by Crippen LogP contribution is 2.32. The molecule has 0 aliphatic carbocycles. The van der Waals surface area contributed by atoms with E-state index in [0.29, 0.717) is 11.5 Å². The lowest BCUT2D eigenvalue weighted by molar-refractivity contribution is 0.0210. The highest BCUT2D eigenvalue weighted by molar-refractivity contribution is 5.90. The molecule has 5 rings (SSSR count). The molecule has 1 amide bonds. The van der Waals surface area contributed by atoms with Gasteiger partial charge in [-0.15, -0.1) is 0 Å². The SMILES string of the molecule is C[C@H]1[C@H](NC(=O)c2ncc(-c3ccc(F)c(F)c3)o2)C2CCN1CC2. The summed E-state index contributed by atoms with van der Waals surface area (Å²) in [6.07, 6.45) is 3.52. The van der Waals surface area contributed by atoms with Gasteiger partial charge in [0.2, 0.25) is 0 Å². The molecule has 0 saturated carbocycles. The maximum absolute atomic E-state index is 13.3. The first-order valence-electron chi connectivity index (χ1n) is 8.49. The van der Waals surface area contributed by atoms with Crippen molar-refractivity contribution in [3.63, 3.8) is 0 Å². The molecule has 2 aromatic rings. The highest BCUT2D eigenvalue weighted by atomic mass is 19.2. The second-order valence-electron chi connectivity index (χ2n) is 6.77. The Morgan fingerprint density at radius 2 is 2.04 bits per heavy atom. The van der Waals surface area contributed by atoms with Crippen molar-refractivity contribution in [1.82, 2.24) is 15.2 Å². The molecule has 132 valence electrons. The van der Waals surface area contributed by atoms with Crippen LogP contribution >= 0.6 is 0 Å². The van der Waals surface area contributed by atoms with E-state index in [2.05, 4.69) is 22.1 Å². The molecule has 0 radical (unpaired) electrons. The molecule has 5 nitrogen and oxygen atoms in total. The number of fused-ring (bicyclic) bond motifs is 3. The Kier molecular flexibility index (Phi) is 4.03. The zero-order valence-electron chi connectivity index (χ0n) is 13.8. The van der Waals surface area contributed by atoms with Crippen LogP contribution in [0.1, 0.15) is 30.5 Å². The lowest BCUT2D eigenvalue weighted by atomic mass is 9.79. The van der Waals surface area contributed by atoms with Crippen LogP contribution in [0.4, 0.5) is 8.78 Å². The number of piperidine rings is 3. The number of rotatable bonds is 3. The third kappa shape index (κ3) is 2.93. The summed E-state index contributed by atoms with van der Waals surface area (Å²) in [5.41, 5.74) is 0.335. The van der Waals surface area contributed by atoms with Gasteiger partial charge < -0.3 is 9.73 Å². The fourth-order valence-corrected chi connectivity index (χ4v) is 3.92. The minimum atomic E-state index is -0.971. The molecule has 7 heteroatoms. The number of amides is 1. The summed E-state index contributed by atoms with van der Waals surface area (Å²) in [5, 5.41) is 3.03. The van der Waals surface area contributed by atoms with Crippen LogP contribution in [0.3, 0.4) is 0 Å². The van der Waals surface area contributed by atoms with Gasteiger partial charge in [0.15, 0.2) is 17.4 Å². The van der Waals surface area contributed by atoms with Crippen LogP contribution in [0, 0.1) is 17.6 Å². The summed E-state index contributed by atoms with van der Waals surface area (Å²) < 4.78 is 31.8. The van der Waals surface area contributed by atoms with E-state index in [9.17, 15) is 13.6 Å². The third-order valence-electron chi connectivity index (χ3n) is 5.38. The number of carbonyl (C=O) groups excluding carboxylic acids is 1. The van der Waals surface area contributed by atoms with E-state index in [0.717, 1.165) is 38.1 Å². The van der Waals surface area contributed by atoms with E-state index in [4.69, 9.17) is 4.42 Å². The van der Waals surface area contributed by atoms with Gasteiger partial charge >= 0.3 is 5.91 Å². The molecule has 3 saturated heterocycles. The van der Waals surface area contributed by atoms with Crippen molar-refractivity contribution in [2.45, 2.75) is 31.8 Å². The Bertz CT molecular complexity index is 797. The lowest BCUT2D eigenvalue weighted by Crippen LogP contribution is -2.62. The Balaban J connectivity index is 1.50. The molecule has 3 aliphatic heterocycles. The molecule has 0 unspecified atom stereocenters. The second kappa shape index (κ2) is 6.22. The van der Waals surface area contributed by atoms with E-state index in [-0.39, 0.29) is 29.6 Å². The minimum Gasteiger partial charge on any atom is -0.432 e. The van der Waals surface area contributed by atoms with Crippen molar-refractivity contribution in [2.24, 2.45) is 5.92 Å². The number of halogens is 2. The first-order chi connectivity index (χ1) is 12.0. The Hall–Kier alpha value is -2.28. The Morgan fingerprint density at radius 1 is 1.28 bits per heavy atom. The van der Waals surface area contributed by atoms with Crippen molar-refractivity contribution in [1.29, 1.82) is 0 Å². The molecule has 1 aromatic carbocycles. The average molecular weight is 347 g/mol. The van der Waals surface area contributed by atoms with E-state index in [1.807, 2.05) is 0 Å². The van der Waals surface area contributed by atoms with Crippen LogP contribution in [-0.4, -0.2) is 41.0 Å². The first kappa shape index (κ1) is 16.2. The summed E-state index contributed by atoms with van der Waals surface area (Å²) in [5.74, 6) is -1.64. The van der Waals surface area contributed by atoms with Crippen molar-refractivity contribution < 1.29 is 18.0 Å². The number of aromatic nitrogens is 1. The number of nitrogens with one attached hydrogen (secondary N) is 1. The van der Waals surface area contributed by atoms with Crippen LogP contribution in [0.2, 0.25) is 0 Å². The Labute approximate surface area is 144 Å².